The summed E-state index contributed by atoms with van der Waals surface area (Å²) in [5.74, 6) is -0.694. The van der Waals surface area contributed by atoms with Crippen molar-refractivity contribution >= 4 is 46.4 Å². The lowest BCUT2D eigenvalue weighted by molar-refractivity contribution is -0.384. The van der Waals surface area contributed by atoms with E-state index in [1.165, 1.54) is 12.1 Å². The van der Waals surface area contributed by atoms with Gasteiger partial charge in [-0.05, 0) is 48.5 Å². The number of carbonyl (C=O) groups is 2. The number of ether oxygens (including phenoxy) is 1. The van der Waals surface area contributed by atoms with E-state index in [9.17, 15) is 19.7 Å². The first-order valence-electron chi connectivity index (χ1n) is 8.36. The zero-order chi connectivity index (χ0) is 21.4. The predicted molar refractivity (Wildman–Crippen MR) is 111 cm³/mol. The fraction of sp³-hybridized carbons (Fsp3) is 0.167. The van der Waals surface area contributed by atoms with Crippen LogP contribution >= 0.6 is 23.8 Å². The Morgan fingerprint density at radius 1 is 1.17 bits per heavy atom. The van der Waals surface area contributed by atoms with Crippen molar-refractivity contribution in [3.8, 4) is 5.75 Å². The largest absolute Gasteiger partial charge is 0.484 e. The summed E-state index contributed by atoms with van der Waals surface area (Å²) in [6.45, 7) is 1.76. The van der Waals surface area contributed by atoms with E-state index in [0.717, 1.165) is 18.1 Å². The maximum Gasteiger partial charge on any atom is 0.288 e. The number of hydrogen-bond donors (Lipinski definition) is 3. The number of hydrazine groups is 1. The van der Waals surface area contributed by atoms with Crippen LogP contribution in [0.4, 0.5) is 5.69 Å². The van der Waals surface area contributed by atoms with Crippen LogP contribution in [0.2, 0.25) is 5.02 Å². The van der Waals surface area contributed by atoms with Gasteiger partial charge in [-0.3, -0.25) is 35.9 Å². The Morgan fingerprint density at radius 3 is 2.48 bits per heavy atom. The third-order valence-electron chi connectivity index (χ3n) is 3.65. The van der Waals surface area contributed by atoms with E-state index in [1.54, 1.807) is 12.1 Å². The smallest absolute Gasteiger partial charge is 0.288 e. The summed E-state index contributed by atoms with van der Waals surface area (Å²) in [6, 6.07) is 10.9. The third kappa shape index (κ3) is 6.70. The van der Waals surface area contributed by atoms with Crippen LogP contribution in [-0.4, -0.2) is 28.5 Å². The lowest BCUT2D eigenvalue weighted by atomic mass is 10.2. The second-order valence-corrected chi connectivity index (χ2v) is 6.48. The summed E-state index contributed by atoms with van der Waals surface area (Å²) >= 11 is 10.6. The molecule has 29 heavy (non-hydrogen) atoms. The van der Waals surface area contributed by atoms with E-state index < -0.39 is 22.4 Å². The fourth-order valence-corrected chi connectivity index (χ4v) is 2.50. The third-order valence-corrected chi connectivity index (χ3v) is 4.17. The van der Waals surface area contributed by atoms with Gasteiger partial charge in [0.25, 0.3) is 17.5 Å². The van der Waals surface area contributed by atoms with Gasteiger partial charge in [0, 0.05) is 11.6 Å². The number of hydrogen-bond acceptors (Lipinski definition) is 6. The highest BCUT2D eigenvalue weighted by atomic mass is 35.5. The average Bonchev–Trinajstić information content (AvgIpc) is 2.71. The molecule has 0 radical (unpaired) electrons. The van der Waals surface area contributed by atoms with Gasteiger partial charge < -0.3 is 4.74 Å². The van der Waals surface area contributed by atoms with Crippen molar-refractivity contribution in [3.63, 3.8) is 0 Å². The van der Waals surface area contributed by atoms with E-state index in [-0.39, 0.29) is 22.3 Å². The molecule has 9 nitrogen and oxygen atoms in total. The van der Waals surface area contributed by atoms with Crippen LogP contribution in [0, 0.1) is 10.1 Å². The quantitative estimate of drug-likeness (QED) is 0.361. The minimum Gasteiger partial charge on any atom is -0.484 e. The van der Waals surface area contributed by atoms with Crippen LogP contribution in [-0.2, 0) is 11.2 Å². The Bertz CT molecular complexity index is 936. The highest BCUT2D eigenvalue weighted by Crippen LogP contribution is 2.24. The molecule has 0 saturated heterocycles. The van der Waals surface area contributed by atoms with Crippen molar-refractivity contribution in [1.29, 1.82) is 0 Å². The first kappa shape index (κ1) is 22.1. The Labute approximate surface area is 176 Å². The van der Waals surface area contributed by atoms with Gasteiger partial charge in [0.2, 0.25) is 0 Å². The molecule has 3 N–H and O–H groups in total. The number of amides is 2. The number of nitro benzene ring substituents is 1. The summed E-state index contributed by atoms with van der Waals surface area (Å²) in [5, 5.41) is 12.9. The van der Waals surface area contributed by atoms with Crippen molar-refractivity contribution < 1.29 is 19.2 Å². The number of thiocarbonyl (C=S) groups is 1. The van der Waals surface area contributed by atoms with Crippen LogP contribution in [0.3, 0.4) is 0 Å². The summed E-state index contributed by atoms with van der Waals surface area (Å²) in [7, 11) is 0. The molecule has 0 aliphatic rings. The number of halogens is 1. The molecule has 0 heterocycles. The van der Waals surface area contributed by atoms with Crippen LogP contribution in [0.5, 0.6) is 5.75 Å². The Hall–Kier alpha value is -3.24. The Kier molecular flexibility index (Phi) is 7.87. The first-order valence-corrected chi connectivity index (χ1v) is 9.14. The highest BCUT2D eigenvalue weighted by Gasteiger charge is 2.16. The topological polar surface area (TPSA) is 123 Å². The normalized spacial score (nSPS) is 10.0. The zero-order valence-corrected chi connectivity index (χ0v) is 16.8. The SMILES string of the molecule is CCc1ccc(OCC(=O)NC(=S)NNC(=O)c2ccc(Cl)c([N+](=O)[O-])c2)cc1. The van der Waals surface area contributed by atoms with E-state index in [0.29, 0.717) is 5.75 Å². The van der Waals surface area contributed by atoms with Crippen LogP contribution in [0.25, 0.3) is 0 Å². The van der Waals surface area contributed by atoms with Gasteiger partial charge in [-0.25, -0.2) is 0 Å². The van der Waals surface area contributed by atoms with E-state index in [2.05, 4.69) is 16.2 Å². The molecule has 2 amide bonds. The summed E-state index contributed by atoms with van der Waals surface area (Å²) in [5.41, 5.74) is 5.29. The molecule has 0 fully saturated rings. The molecule has 0 atom stereocenters. The molecule has 0 aromatic heterocycles. The minimum atomic E-state index is -0.701. The van der Waals surface area contributed by atoms with E-state index in [4.69, 9.17) is 28.6 Å². The predicted octanol–water partition coefficient (Wildman–Crippen LogP) is 2.53. The molecule has 0 unspecified atom stereocenters. The number of carbonyl (C=O) groups excluding carboxylic acids is 2. The maximum absolute atomic E-state index is 12.0. The number of benzene rings is 2. The number of nitrogens with one attached hydrogen (secondary N) is 3. The van der Waals surface area contributed by atoms with Crippen molar-refractivity contribution in [2.75, 3.05) is 6.61 Å². The highest BCUT2D eigenvalue weighted by molar-refractivity contribution is 7.80. The van der Waals surface area contributed by atoms with Crippen LogP contribution in [0.1, 0.15) is 22.8 Å². The second kappa shape index (κ2) is 10.3. The van der Waals surface area contributed by atoms with Crippen molar-refractivity contribution in [1.82, 2.24) is 16.2 Å². The molecule has 11 heteroatoms. The fourth-order valence-electron chi connectivity index (χ4n) is 2.14. The van der Waals surface area contributed by atoms with Crippen LogP contribution < -0.4 is 20.9 Å². The van der Waals surface area contributed by atoms with Gasteiger partial charge in [-0.2, -0.15) is 0 Å². The summed E-state index contributed by atoms with van der Waals surface area (Å²) in [4.78, 5) is 34.1. The molecule has 152 valence electrons. The lowest BCUT2D eigenvalue weighted by Gasteiger charge is -2.11. The summed E-state index contributed by atoms with van der Waals surface area (Å²) < 4.78 is 5.35. The molecule has 0 aliphatic carbocycles. The molecular weight excluding hydrogens is 420 g/mol. The van der Waals surface area contributed by atoms with Gasteiger partial charge in [-0.1, -0.05) is 30.7 Å². The van der Waals surface area contributed by atoms with Crippen LogP contribution in [0.15, 0.2) is 42.5 Å². The summed E-state index contributed by atoms with van der Waals surface area (Å²) in [6.07, 6.45) is 0.899. The Morgan fingerprint density at radius 2 is 1.86 bits per heavy atom. The molecule has 2 rings (SSSR count). The van der Waals surface area contributed by atoms with Gasteiger partial charge >= 0.3 is 0 Å². The monoisotopic (exact) mass is 436 g/mol. The first-order chi connectivity index (χ1) is 13.8. The average molecular weight is 437 g/mol. The van der Waals surface area contributed by atoms with Crippen molar-refractivity contribution in [2.24, 2.45) is 0 Å². The van der Waals surface area contributed by atoms with Gasteiger partial charge in [0.1, 0.15) is 10.8 Å². The van der Waals surface area contributed by atoms with Crippen molar-refractivity contribution in [3.05, 3.63) is 68.7 Å². The van der Waals surface area contributed by atoms with Gasteiger partial charge in [-0.15, -0.1) is 0 Å². The minimum absolute atomic E-state index is 0.0124. The number of nitrogens with zero attached hydrogens (tertiary/aromatic N) is 1. The molecule has 0 aliphatic heterocycles. The maximum atomic E-state index is 12.0. The standard InChI is InChI=1S/C18H17ClN4O5S/c1-2-11-3-6-13(7-4-11)28-10-16(24)20-18(29)22-21-17(25)12-5-8-14(19)15(9-12)23(26)27/h3-9H,2,10H2,1H3,(H,21,25)(H2,20,22,24,29). The van der Waals surface area contributed by atoms with E-state index >= 15 is 0 Å². The number of nitro groups is 1. The molecule has 0 spiro atoms. The zero-order valence-electron chi connectivity index (χ0n) is 15.2. The number of aryl methyl sites for hydroxylation is 1. The molecule has 0 bridgehead atoms. The van der Waals surface area contributed by atoms with Crippen molar-refractivity contribution in [2.45, 2.75) is 13.3 Å². The van der Waals surface area contributed by atoms with Gasteiger partial charge in [0.15, 0.2) is 11.7 Å². The molecule has 0 saturated carbocycles. The molecular formula is C18H17ClN4O5S. The van der Waals surface area contributed by atoms with Gasteiger partial charge in [0.05, 0.1) is 4.92 Å². The number of rotatable bonds is 6. The Balaban J connectivity index is 1.79. The van der Waals surface area contributed by atoms with E-state index in [1.807, 2.05) is 19.1 Å². The second-order valence-electron chi connectivity index (χ2n) is 5.67. The molecule has 2 aromatic carbocycles. The lowest BCUT2D eigenvalue weighted by Crippen LogP contribution is -2.49. The molecule has 2 aromatic rings.